The van der Waals surface area contributed by atoms with Gasteiger partial charge in [-0.1, -0.05) is 24.3 Å². The fourth-order valence-electron chi connectivity index (χ4n) is 3.01. The minimum absolute atomic E-state index is 0. The van der Waals surface area contributed by atoms with Crippen LogP contribution in [0.2, 0.25) is 0 Å². The van der Waals surface area contributed by atoms with Crippen LogP contribution in [0.3, 0.4) is 0 Å². The van der Waals surface area contributed by atoms with Crippen molar-refractivity contribution < 1.29 is 14.3 Å². The first-order valence-electron chi connectivity index (χ1n) is 8.85. The molecule has 2 rings (SSSR count). The number of hydrogen-bond acceptors (Lipinski definition) is 4. The number of unbranched alkanes of at least 4 members (excludes halogenated alkanes) is 1. The average Bonchev–Trinajstić information content (AvgIpc) is 2.65. The number of ether oxygens (including phenoxy) is 2. The number of rotatable bonds is 6. The van der Waals surface area contributed by atoms with Crippen LogP contribution in [0.4, 0.5) is 0 Å². The molecule has 0 radical (unpaired) electrons. The van der Waals surface area contributed by atoms with E-state index >= 15 is 0 Å². The summed E-state index contributed by atoms with van der Waals surface area (Å²) in [5, 5.41) is 3.39. The Morgan fingerprint density at radius 2 is 2.15 bits per heavy atom. The second-order valence-electron chi connectivity index (χ2n) is 6.17. The highest BCUT2D eigenvalue weighted by Gasteiger charge is 2.24. The maximum Gasteiger partial charge on any atom is 0.305 e. The van der Waals surface area contributed by atoms with Gasteiger partial charge >= 0.3 is 5.97 Å². The molecule has 0 saturated carbocycles. The summed E-state index contributed by atoms with van der Waals surface area (Å²) in [7, 11) is 3.22. The van der Waals surface area contributed by atoms with Crippen LogP contribution in [-0.4, -0.2) is 57.2 Å². The van der Waals surface area contributed by atoms with E-state index in [1.165, 1.54) is 18.2 Å². The number of methoxy groups -OCH3 is 1. The van der Waals surface area contributed by atoms with Gasteiger partial charge in [0.15, 0.2) is 5.96 Å². The molecule has 1 aromatic carbocycles. The Kier molecular flexibility index (Phi) is 10.6. The van der Waals surface area contributed by atoms with Gasteiger partial charge in [0.25, 0.3) is 0 Å². The predicted molar refractivity (Wildman–Crippen MR) is 114 cm³/mol. The van der Waals surface area contributed by atoms with Gasteiger partial charge in [-0.2, -0.15) is 0 Å². The highest BCUT2D eigenvalue weighted by molar-refractivity contribution is 14.0. The van der Waals surface area contributed by atoms with Crippen LogP contribution in [0.25, 0.3) is 0 Å². The third kappa shape index (κ3) is 6.75. The van der Waals surface area contributed by atoms with E-state index in [-0.39, 0.29) is 36.0 Å². The van der Waals surface area contributed by atoms with Gasteiger partial charge in [-0.15, -0.1) is 24.0 Å². The largest absolute Gasteiger partial charge is 0.469 e. The summed E-state index contributed by atoms with van der Waals surface area (Å²) >= 11 is 0. The standard InChI is InChI=1S/C19H29N3O3.HI/c1-15-8-4-5-9-16(15)17-14-22(12-13-25-17)19(20-2)21-11-7-6-10-18(23)24-3;/h4-5,8-9,17H,6-7,10-14H2,1-3H3,(H,20,21);1H. The van der Waals surface area contributed by atoms with Gasteiger partial charge in [-0.3, -0.25) is 9.79 Å². The Balaban J connectivity index is 0.00000338. The number of nitrogens with one attached hydrogen (secondary N) is 1. The number of carbonyl (C=O) groups is 1. The molecule has 0 aromatic heterocycles. The van der Waals surface area contributed by atoms with Crippen molar-refractivity contribution in [2.75, 3.05) is 40.4 Å². The van der Waals surface area contributed by atoms with E-state index < -0.39 is 0 Å². The number of aliphatic imine (C=N–C) groups is 1. The number of benzene rings is 1. The molecule has 1 heterocycles. The van der Waals surface area contributed by atoms with Gasteiger partial charge in [0.1, 0.15) is 6.10 Å². The first-order valence-corrected chi connectivity index (χ1v) is 8.85. The molecule has 1 aromatic rings. The number of esters is 1. The molecule has 1 atom stereocenters. The summed E-state index contributed by atoms with van der Waals surface area (Å²) in [6.45, 7) is 5.20. The highest BCUT2D eigenvalue weighted by atomic mass is 127. The molecule has 0 aliphatic carbocycles. The number of nitrogens with zero attached hydrogens (tertiary/aromatic N) is 2. The number of aryl methyl sites for hydroxylation is 1. The average molecular weight is 475 g/mol. The van der Waals surface area contributed by atoms with Crippen molar-refractivity contribution in [3.8, 4) is 0 Å². The van der Waals surface area contributed by atoms with Crippen LogP contribution in [0, 0.1) is 6.92 Å². The predicted octanol–water partition coefficient (Wildman–Crippen LogP) is 2.91. The zero-order valence-corrected chi connectivity index (χ0v) is 18.2. The van der Waals surface area contributed by atoms with Crippen molar-refractivity contribution in [3.05, 3.63) is 35.4 Å². The smallest absolute Gasteiger partial charge is 0.305 e. The van der Waals surface area contributed by atoms with E-state index in [0.29, 0.717) is 13.0 Å². The van der Waals surface area contributed by atoms with E-state index in [2.05, 4.69) is 45.1 Å². The summed E-state index contributed by atoms with van der Waals surface area (Å²) in [5.41, 5.74) is 2.49. The van der Waals surface area contributed by atoms with Crippen molar-refractivity contribution >= 4 is 35.9 Å². The normalized spacial score (nSPS) is 17.4. The van der Waals surface area contributed by atoms with Crippen molar-refractivity contribution in [1.29, 1.82) is 0 Å². The van der Waals surface area contributed by atoms with Crippen molar-refractivity contribution in [2.45, 2.75) is 32.3 Å². The van der Waals surface area contributed by atoms with Gasteiger partial charge in [-0.25, -0.2) is 0 Å². The molecule has 1 unspecified atom stereocenters. The molecule has 1 fully saturated rings. The van der Waals surface area contributed by atoms with Crippen LogP contribution in [0.5, 0.6) is 0 Å². The quantitative estimate of drug-likeness (QED) is 0.226. The Hall–Kier alpha value is -1.35. The number of guanidine groups is 1. The van der Waals surface area contributed by atoms with E-state index in [4.69, 9.17) is 4.74 Å². The fraction of sp³-hybridized carbons (Fsp3) is 0.579. The van der Waals surface area contributed by atoms with E-state index in [1.807, 2.05) is 6.07 Å². The maximum absolute atomic E-state index is 11.1. The lowest BCUT2D eigenvalue weighted by Gasteiger charge is -2.35. The summed E-state index contributed by atoms with van der Waals surface area (Å²) in [6, 6.07) is 8.35. The van der Waals surface area contributed by atoms with E-state index in [0.717, 1.165) is 38.4 Å². The Morgan fingerprint density at radius 3 is 2.85 bits per heavy atom. The van der Waals surface area contributed by atoms with E-state index in [9.17, 15) is 4.79 Å². The Morgan fingerprint density at radius 1 is 1.38 bits per heavy atom. The van der Waals surface area contributed by atoms with E-state index in [1.54, 1.807) is 7.05 Å². The lowest BCUT2D eigenvalue weighted by atomic mass is 10.0. The minimum Gasteiger partial charge on any atom is -0.469 e. The number of morpholine rings is 1. The second-order valence-corrected chi connectivity index (χ2v) is 6.17. The summed E-state index contributed by atoms with van der Waals surface area (Å²) in [5.74, 6) is 0.735. The maximum atomic E-state index is 11.1. The zero-order valence-electron chi connectivity index (χ0n) is 15.9. The fourth-order valence-corrected chi connectivity index (χ4v) is 3.01. The van der Waals surface area contributed by atoms with Crippen molar-refractivity contribution in [1.82, 2.24) is 10.2 Å². The number of carbonyl (C=O) groups excluding carboxylic acids is 1. The molecule has 26 heavy (non-hydrogen) atoms. The second kappa shape index (κ2) is 12.1. The van der Waals surface area contributed by atoms with Crippen LogP contribution >= 0.6 is 24.0 Å². The summed E-state index contributed by atoms with van der Waals surface area (Å²) in [6.07, 6.45) is 2.24. The first kappa shape index (κ1) is 22.7. The minimum atomic E-state index is -0.154. The van der Waals surface area contributed by atoms with Crippen LogP contribution in [-0.2, 0) is 14.3 Å². The molecule has 6 nitrogen and oxygen atoms in total. The topological polar surface area (TPSA) is 63.2 Å². The molecule has 1 aliphatic rings. The molecule has 146 valence electrons. The lowest BCUT2D eigenvalue weighted by Crippen LogP contribution is -2.48. The van der Waals surface area contributed by atoms with Gasteiger partial charge in [0, 0.05) is 26.6 Å². The molecule has 0 amide bonds. The first-order chi connectivity index (χ1) is 12.2. The molecular weight excluding hydrogens is 445 g/mol. The SMILES string of the molecule is CN=C(NCCCCC(=O)OC)N1CCOC(c2ccccc2C)C1.I. The third-order valence-electron chi connectivity index (χ3n) is 4.43. The van der Waals surface area contributed by atoms with Gasteiger partial charge < -0.3 is 19.7 Å². The highest BCUT2D eigenvalue weighted by Crippen LogP contribution is 2.24. The van der Waals surface area contributed by atoms with Crippen LogP contribution in [0.15, 0.2) is 29.3 Å². The Labute approximate surface area is 173 Å². The zero-order chi connectivity index (χ0) is 18.1. The lowest BCUT2D eigenvalue weighted by molar-refractivity contribution is -0.140. The van der Waals surface area contributed by atoms with Crippen LogP contribution < -0.4 is 5.32 Å². The monoisotopic (exact) mass is 475 g/mol. The molecule has 1 N–H and O–H groups in total. The molecular formula is C19H30IN3O3. The number of halogens is 1. The number of hydrogen-bond donors (Lipinski definition) is 1. The van der Waals surface area contributed by atoms with Crippen molar-refractivity contribution in [2.24, 2.45) is 4.99 Å². The van der Waals surface area contributed by atoms with Crippen molar-refractivity contribution in [3.63, 3.8) is 0 Å². The molecule has 0 spiro atoms. The molecule has 0 bridgehead atoms. The summed E-state index contributed by atoms with van der Waals surface area (Å²) < 4.78 is 10.6. The third-order valence-corrected chi connectivity index (χ3v) is 4.43. The van der Waals surface area contributed by atoms with Gasteiger partial charge in [-0.05, 0) is 30.9 Å². The molecule has 1 saturated heterocycles. The van der Waals surface area contributed by atoms with Gasteiger partial charge in [0.05, 0.1) is 20.3 Å². The molecule has 7 heteroatoms. The summed E-state index contributed by atoms with van der Waals surface area (Å²) in [4.78, 5) is 17.8. The van der Waals surface area contributed by atoms with Crippen LogP contribution in [0.1, 0.15) is 36.5 Å². The Bertz CT molecular complexity index is 595. The van der Waals surface area contributed by atoms with Gasteiger partial charge in [0.2, 0.25) is 0 Å². The molecule has 1 aliphatic heterocycles.